The van der Waals surface area contributed by atoms with Crippen LogP contribution < -0.4 is 0 Å². The highest BCUT2D eigenvalue weighted by Gasteiger charge is 2.24. The minimum atomic E-state index is -0.655. The highest BCUT2D eigenvalue weighted by Crippen LogP contribution is 2.15. The van der Waals surface area contributed by atoms with Gasteiger partial charge in [-0.3, -0.25) is 19.6 Å². The summed E-state index contributed by atoms with van der Waals surface area (Å²) in [6.07, 6.45) is 2.97. The van der Waals surface area contributed by atoms with Crippen molar-refractivity contribution < 1.29 is 9.72 Å². The molecule has 0 unspecified atom stereocenters. The molecule has 108 valence electrons. The highest BCUT2D eigenvalue weighted by atomic mass is 16.6. The molecule has 0 fully saturated rings. The van der Waals surface area contributed by atoms with E-state index in [9.17, 15) is 14.9 Å². The van der Waals surface area contributed by atoms with Crippen LogP contribution in [0.15, 0.2) is 42.2 Å². The number of aryl methyl sites for hydroxylation is 2. The van der Waals surface area contributed by atoms with Crippen molar-refractivity contribution in [1.29, 1.82) is 0 Å². The van der Waals surface area contributed by atoms with E-state index in [1.807, 2.05) is 6.92 Å². The number of hydrogen-bond donors (Lipinski definition) is 0. The maximum atomic E-state index is 12.2. The van der Waals surface area contributed by atoms with Gasteiger partial charge in [0, 0.05) is 29.9 Å². The van der Waals surface area contributed by atoms with Crippen LogP contribution in [-0.2, 0) is 6.54 Å². The molecule has 1 heterocycles. The Morgan fingerprint density at radius 2 is 2.05 bits per heavy atom. The van der Waals surface area contributed by atoms with Crippen LogP contribution in [0.3, 0.4) is 0 Å². The minimum absolute atomic E-state index is 0.293. The molecular weight excluding hydrogens is 270 g/mol. The number of rotatable bonds is 5. The number of ketones is 1. The molecule has 0 aliphatic carbocycles. The first kappa shape index (κ1) is 14.6. The molecule has 0 saturated carbocycles. The molecule has 1 aromatic heterocycles. The summed E-state index contributed by atoms with van der Waals surface area (Å²) in [4.78, 5) is 22.8. The number of nitro groups is 1. The molecule has 0 aliphatic heterocycles. The van der Waals surface area contributed by atoms with Gasteiger partial charge in [0.15, 0.2) is 0 Å². The van der Waals surface area contributed by atoms with Crippen LogP contribution in [0.25, 0.3) is 6.08 Å². The fraction of sp³-hybridized carbons (Fsp3) is 0.200. The van der Waals surface area contributed by atoms with Gasteiger partial charge in [-0.2, -0.15) is 5.10 Å². The van der Waals surface area contributed by atoms with Crippen molar-refractivity contribution in [2.45, 2.75) is 20.4 Å². The van der Waals surface area contributed by atoms with Gasteiger partial charge in [0.1, 0.15) is 0 Å². The molecule has 0 spiro atoms. The second kappa shape index (κ2) is 6.13. The lowest BCUT2D eigenvalue weighted by Crippen LogP contribution is -2.11. The van der Waals surface area contributed by atoms with Gasteiger partial charge in [0.2, 0.25) is 0 Å². The van der Waals surface area contributed by atoms with Gasteiger partial charge in [-0.05, 0) is 13.8 Å². The Bertz CT molecular complexity index is 702. The van der Waals surface area contributed by atoms with E-state index in [-0.39, 0.29) is 0 Å². The Morgan fingerprint density at radius 1 is 1.38 bits per heavy atom. The summed E-state index contributed by atoms with van der Waals surface area (Å²) in [6.45, 7) is 4.33. The predicted octanol–water partition coefficient (Wildman–Crippen LogP) is 2.71. The van der Waals surface area contributed by atoms with E-state index in [1.165, 1.54) is 6.08 Å². The SMILES string of the molecule is CCn1cc(/C=C(\C(=O)c2ccccc2)[N+](=O)[O-])c(C)n1. The van der Waals surface area contributed by atoms with Crippen LogP contribution in [0, 0.1) is 17.0 Å². The Labute approximate surface area is 121 Å². The number of benzene rings is 1. The van der Waals surface area contributed by atoms with E-state index in [0.29, 0.717) is 23.4 Å². The van der Waals surface area contributed by atoms with Gasteiger partial charge in [-0.25, -0.2) is 0 Å². The van der Waals surface area contributed by atoms with E-state index in [2.05, 4.69) is 5.10 Å². The number of Topliss-reactive ketones (excluding diaryl/α,β-unsaturated/α-hetero) is 1. The van der Waals surface area contributed by atoms with Crippen LogP contribution in [0.4, 0.5) is 0 Å². The molecule has 6 heteroatoms. The smallest absolute Gasteiger partial charge is 0.282 e. The van der Waals surface area contributed by atoms with Crippen molar-refractivity contribution in [1.82, 2.24) is 9.78 Å². The van der Waals surface area contributed by atoms with E-state index in [4.69, 9.17) is 0 Å². The largest absolute Gasteiger partial charge is 0.317 e. The number of carbonyl (C=O) groups excluding carboxylic acids is 1. The van der Waals surface area contributed by atoms with Crippen LogP contribution in [0.5, 0.6) is 0 Å². The summed E-state index contributed by atoms with van der Waals surface area (Å²) in [5, 5.41) is 15.4. The summed E-state index contributed by atoms with van der Waals surface area (Å²) < 4.78 is 1.67. The van der Waals surface area contributed by atoms with E-state index >= 15 is 0 Å². The standard InChI is InChI=1S/C15H15N3O3/c1-3-17-10-13(11(2)16-17)9-14(18(20)21)15(19)12-7-5-4-6-8-12/h4-10H,3H2,1-2H3/b14-9+. The molecule has 0 N–H and O–H groups in total. The van der Waals surface area contributed by atoms with Gasteiger partial charge in [0.05, 0.1) is 10.6 Å². The van der Waals surface area contributed by atoms with Crippen LogP contribution in [0.1, 0.15) is 28.5 Å². The Hall–Kier alpha value is -2.76. The molecule has 0 saturated heterocycles. The van der Waals surface area contributed by atoms with Gasteiger partial charge >= 0.3 is 5.70 Å². The lowest BCUT2D eigenvalue weighted by molar-refractivity contribution is -0.415. The first-order chi connectivity index (χ1) is 10.0. The topological polar surface area (TPSA) is 78.0 Å². The fourth-order valence-electron chi connectivity index (χ4n) is 1.92. The number of nitrogens with zero attached hydrogens (tertiary/aromatic N) is 3. The van der Waals surface area contributed by atoms with E-state index < -0.39 is 16.4 Å². The highest BCUT2D eigenvalue weighted by molar-refractivity contribution is 6.09. The molecule has 2 aromatic rings. The van der Waals surface area contributed by atoms with Crippen LogP contribution in [-0.4, -0.2) is 20.5 Å². The Morgan fingerprint density at radius 3 is 2.57 bits per heavy atom. The number of hydrogen-bond acceptors (Lipinski definition) is 4. The molecule has 0 radical (unpaired) electrons. The Kier molecular flexibility index (Phi) is 4.27. The van der Waals surface area contributed by atoms with Gasteiger partial charge in [-0.15, -0.1) is 0 Å². The summed E-state index contributed by atoms with van der Waals surface area (Å²) in [6, 6.07) is 8.21. The molecule has 21 heavy (non-hydrogen) atoms. The van der Waals surface area contributed by atoms with Crippen molar-refractivity contribution in [2.75, 3.05) is 0 Å². The average molecular weight is 285 g/mol. The molecule has 0 bridgehead atoms. The zero-order chi connectivity index (χ0) is 15.4. The fourth-order valence-corrected chi connectivity index (χ4v) is 1.92. The first-order valence-electron chi connectivity index (χ1n) is 6.52. The van der Waals surface area contributed by atoms with E-state index in [0.717, 1.165) is 0 Å². The normalized spacial score (nSPS) is 11.4. The summed E-state index contributed by atoms with van der Waals surface area (Å²) in [7, 11) is 0. The molecule has 0 atom stereocenters. The summed E-state index contributed by atoms with van der Waals surface area (Å²) in [5.74, 6) is -0.607. The lowest BCUT2D eigenvalue weighted by Gasteiger charge is -1.98. The summed E-state index contributed by atoms with van der Waals surface area (Å²) >= 11 is 0. The molecule has 6 nitrogen and oxygen atoms in total. The van der Waals surface area contributed by atoms with Crippen LogP contribution in [0.2, 0.25) is 0 Å². The van der Waals surface area contributed by atoms with Gasteiger partial charge < -0.3 is 0 Å². The third kappa shape index (κ3) is 3.22. The monoisotopic (exact) mass is 285 g/mol. The van der Waals surface area contributed by atoms with Crippen molar-refractivity contribution in [3.8, 4) is 0 Å². The maximum absolute atomic E-state index is 12.2. The maximum Gasteiger partial charge on any atom is 0.317 e. The zero-order valence-corrected chi connectivity index (χ0v) is 11.8. The second-order valence-electron chi connectivity index (χ2n) is 4.51. The first-order valence-corrected chi connectivity index (χ1v) is 6.52. The molecule has 0 amide bonds. The van der Waals surface area contributed by atoms with Gasteiger partial charge in [-0.1, -0.05) is 30.3 Å². The van der Waals surface area contributed by atoms with Crippen LogP contribution >= 0.6 is 0 Å². The Balaban J connectivity index is 2.43. The number of allylic oxidation sites excluding steroid dienone is 1. The van der Waals surface area contributed by atoms with Crippen molar-refractivity contribution in [3.05, 3.63) is 69.2 Å². The third-order valence-electron chi connectivity index (χ3n) is 3.07. The van der Waals surface area contributed by atoms with Crippen molar-refractivity contribution in [2.24, 2.45) is 0 Å². The number of aromatic nitrogens is 2. The quantitative estimate of drug-likeness (QED) is 0.366. The molecule has 2 rings (SSSR count). The molecule has 0 aliphatic rings. The minimum Gasteiger partial charge on any atom is -0.282 e. The van der Waals surface area contributed by atoms with Gasteiger partial charge in [0.25, 0.3) is 5.78 Å². The van der Waals surface area contributed by atoms with Crippen molar-refractivity contribution in [3.63, 3.8) is 0 Å². The lowest BCUT2D eigenvalue weighted by atomic mass is 10.1. The zero-order valence-electron chi connectivity index (χ0n) is 11.8. The second-order valence-corrected chi connectivity index (χ2v) is 4.51. The predicted molar refractivity (Wildman–Crippen MR) is 78.4 cm³/mol. The summed E-state index contributed by atoms with van der Waals surface area (Å²) in [5.41, 5.74) is 1.06. The molecule has 1 aromatic carbocycles. The van der Waals surface area contributed by atoms with E-state index in [1.54, 1.807) is 48.1 Å². The van der Waals surface area contributed by atoms with Crippen molar-refractivity contribution >= 4 is 11.9 Å². The third-order valence-corrected chi connectivity index (χ3v) is 3.07. The molecular formula is C15H15N3O3. The average Bonchev–Trinajstić information content (AvgIpc) is 2.85. The number of carbonyl (C=O) groups is 1.